The van der Waals surface area contributed by atoms with Gasteiger partial charge >= 0.3 is 0 Å². The van der Waals surface area contributed by atoms with Crippen LogP contribution in [0.5, 0.6) is 0 Å². The predicted molar refractivity (Wildman–Crippen MR) is 40.4 cm³/mol. The minimum Gasteiger partial charge on any atom is -0.353 e. The highest BCUT2D eigenvalue weighted by atomic mass is 16.7. The van der Waals surface area contributed by atoms with E-state index in [9.17, 15) is 0 Å². The summed E-state index contributed by atoms with van der Waals surface area (Å²) in [5.41, 5.74) is 2.70. The Morgan fingerprint density at radius 1 is 1.40 bits per heavy atom. The third kappa shape index (κ3) is 7.88. The fourth-order valence-corrected chi connectivity index (χ4v) is 0.469. The fourth-order valence-electron chi connectivity index (χ4n) is 0.469. The largest absolute Gasteiger partial charge is 0.353 e. The molecule has 0 heterocycles. The number of hydrogen-bond acceptors (Lipinski definition) is 3. The molecule has 0 aliphatic carbocycles. The molecule has 0 spiro atoms. The van der Waals surface area contributed by atoms with Crippen LogP contribution in [-0.4, -0.2) is 19.9 Å². The number of ether oxygens (including phenoxy) is 1. The molecular weight excluding hydrogens is 130 g/mol. The van der Waals surface area contributed by atoms with Crippen LogP contribution in [0.4, 0.5) is 0 Å². The van der Waals surface area contributed by atoms with Crippen molar-refractivity contribution in [2.24, 2.45) is 5.92 Å². The van der Waals surface area contributed by atoms with Crippen molar-refractivity contribution in [3.8, 4) is 0 Å². The molecular formula is C7H17NO2. The zero-order valence-corrected chi connectivity index (χ0v) is 7.02. The first kappa shape index (κ1) is 9.88. The lowest BCUT2D eigenvalue weighted by atomic mass is 10.2. The molecule has 0 atom stereocenters. The molecule has 0 rings (SSSR count). The Labute approximate surface area is 62.7 Å². The second kappa shape index (κ2) is 6.99. The van der Waals surface area contributed by atoms with Gasteiger partial charge in [0.2, 0.25) is 0 Å². The van der Waals surface area contributed by atoms with Crippen LogP contribution >= 0.6 is 0 Å². The molecule has 0 saturated carbocycles. The SMILES string of the molecule is CCNOCOCC(C)C. The second-order valence-corrected chi connectivity index (χ2v) is 2.52. The lowest BCUT2D eigenvalue weighted by Crippen LogP contribution is -2.17. The minimum absolute atomic E-state index is 0.339. The standard InChI is InChI=1S/C7H17NO2/c1-4-8-10-6-9-5-7(2)3/h7-8H,4-6H2,1-3H3. The van der Waals surface area contributed by atoms with Crippen LogP contribution in [0.1, 0.15) is 20.8 Å². The van der Waals surface area contributed by atoms with E-state index in [1.54, 1.807) is 0 Å². The monoisotopic (exact) mass is 147 g/mol. The second-order valence-electron chi connectivity index (χ2n) is 2.52. The molecule has 3 heteroatoms. The molecule has 0 aliphatic heterocycles. The quantitative estimate of drug-likeness (QED) is 0.347. The van der Waals surface area contributed by atoms with Crippen molar-refractivity contribution < 1.29 is 9.57 Å². The number of rotatable bonds is 6. The molecule has 0 fully saturated rings. The van der Waals surface area contributed by atoms with Gasteiger partial charge in [0.15, 0.2) is 6.79 Å². The van der Waals surface area contributed by atoms with Gasteiger partial charge in [0.25, 0.3) is 0 Å². The van der Waals surface area contributed by atoms with Gasteiger partial charge < -0.3 is 4.74 Å². The lowest BCUT2D eigenvalue weighted by Gasteiger charge is -2.06. The molecule has 3 nitrogen and oxygen atoms in total. The highest BCUT2D eigenvalue weighted by molar-refractivity contribution is 4.36. The van der Waals surface area contributed by atoms with Crippen LogP contribution in [0.2, 0.25) is 0 Å². The molecule has 0 saturated heterocycles. The van der Waals surface area contributed by atoms with Gasteiger partial charge in [-0.15, -0.1) is 0 Å². The molecule has 0 bridgehead atoms. The van der Waals surface area contributed by atoms with E-state index >= 15 is 0 Å². The van der Waals surface area contributed by atoms with Crippen LogP contribution in [-0.2, 0) is 9.57 Å². The van der Waals surface area contributed by atoms with Crippen molar-refractivity contribution in [3.63, 3.8) is 0 Å². The van der Waals surface area contributed by atoms with Crippen molar-refractivity contribution in [3.05, 3.63) is 0 Å². The molecule has 1 N–H and O–H groups in total. The van der Waals surface area contributed by atoms with E-state index in [4.69, 9.17) is 9.57 Å². The van der Waals surface area contributed by atoms with Crippen molar-refractivity contribution in [2.45, 2.75) is 20.8 Å². The van der Waals surface area contributed by atoms with Crippen molar-refractivity contribution >= 4 is 0 Å². The van der Waals surface area contributed by atoms with E-state index in [0.29, 0.717) is 12.7 Å². The average Bonchev–Trinajstić information content (AvgIpc) is 1.87. The Morgan fingerprint density at radius 2 is 2.10 bits per heavy atom. The average molecular weight is 147 g/mol. The van der Waals surface area contributed by atoms with E-state index in [1.165, 1.54) is 0 Å². The molecule has 62 valence electrons. The van der Waals surface area contributed by atoms with Crippen LogP contribution in [0.3, 0.4) is 0 Å². The normalized spacial score (nSPS) is 10.8. The predicted octanol–water partition coefficient (Wildman–Crippen LogP) is 1.16. The Kier molecular flexibility index (Phi) is 6.91. The molecule has 10 heavy (non-hydrogen) atoms. The molecule has 0 aromatic heterocycles. The molecule has 0 aliphatic rings. The van der Waals surface area contributed by atoms with Gasteiger partial charge in [-0.1, -0.05) is 20.8 Å². The smallest absolute Gasteiger partial charge is 0.166 e. The van der Waals surface area contributed by atoms with Gasteiger partial charge in [0, 0.05) is 6.54 Å². The summed E-state index contributed by atoms with van der Waals surface area (Å²) in [6.07, 6.45) is 0. The molecule has 0 amide bonds. The van der Waals surface area contributed by atoms with E-state index in [0.717, 1.165) is 13.2 Å². The first-order chi connectivity index (χ1) is 4.77. The summed E-state index contributed by atoms with van der Waals surface area (Å²) >= 11 is 0. The Balaban J connectivity index is 2.77. The van der Waals surface area contributed by atoms with Crippen LogP contribution in [0.25, 0.3) is 0 Å². The highest BCUT2D eigenvalue weighted by Crippen LogP contribution is 1.90. The van der Waals surface area contributed by atoms with E-state index in [1.807, 2.05) is 6.92 Å². The van der Waals surface area contributed by atoms with Crippen LogP contribution in [0, 0.1) is 5.92 Å². The number of hydrogen-bond donors (Lipinski definition) is 1. The third-order valence-corrected chi connectivity index (χ3v) is 0.840. The maximum atomic E-state index is 5.11. The Morgan fingerprint density at radius 3 is 2.60 bits per heavy atom. The van der Waals surface area contributed by atoms with Gasteiger partial charge in [0.1, 0.15) is 0 Å². The summed E-state index contributed by atoms with van der Waals surface area (Å²) in [4.78, 5) is 4.86. The summed E-state index contributed by atoms with van der Waals surface area (Å²) < 4.78 is 5.11. The topological polar surface area (TPSA) is 30.5 Å². The molecule has 0 aromatic rings. The van der Waals surface area contributed by atoms with Crippen molar-refractivity contribution in [2.75, 3.05) is 19.9 Å². The number of nitrogens with one attached hydrogen (secondary N) is 1. The minimum atomic E-state index is 0.339. The summed E-state index contributed by atoms with van der Waals surface area (Å²) in [6.45, 7) is 8.09. The van der Waals surface area contributed by atoms with Gasteiger partial charge in [-0.05, 0) is 5.92 Å². The van der Waals surface area contributed by atoms with Crippen LogP contribution in [0.15, 0.2) is 0 Å². The van der Waals surface area contributed by atoms with E-state index in [2.05, 4.69) is 19.3 Å². The first-order valence-corrected chi connectivity index (χ1v) is 3.69. The molecule has 0 radical (unpaired) electrons. The van der Waals surface area contributed by atoms with Gasteiger partial charge in [-0.25, -0.2) is 5.48 Å². The zero-order chi connectivity index (χ0) is 7.82. The molecule has 0 aromatic carbocycles. The summed E-state index contributed by atoms with van der Waals surface area (Å²) in [7, 11) is 0. The van der Waals surface area contributed by atoms with Crippen molar-refractivity contribution in [1.82, 2.24) is 5.48 Å². The summed E-state index contributed by atoms with van der Waals surface area (Å²) in [5.74, 6) is 0.574. The third-order valence-electron chi connectivity index (χ3n) is 0.840. The Bertz CT molecular complexity index is 66.6. The first-order valence-electron chi connectivity index (χ1n) is 3.69. The Hall–Kier alpha value is -0.120. The van der Waals surface area contributed by atoms with Gasteiger partial charge in [0.05, 0.1) is 6.61 Å². The molecule has 0 unspecified atom stereocenters. The van der Waals surface area contributed by atoms with Crippen LogP contribution < -0.4 is 5.48 Å². The highest BCUT2D eigenvalue weighted by Gasteiger charge is 1.91. The van der Waals surface area contributed by atoms with E-state index < -0.39 is 0 Å². The van der Waals surface area contributed by atoms with Crippen molar-refractivity contribution in [1.29, 1.82) is 0 Å². The van der Waals surface area contributed by atoms with Gasteiger partial charge in [-0.2, -0.15) is 0 Å². The summed E-state index contributed by atoms with van der Waals surface area (Å²) in [5, 5.41) is 0. The summed E-state index contributed by atoms with van der Waals surface area (Å²) in [6, 6.07) is 0. The number of hydroxylamine groups is 1. The lowest BCUT2D eigenvalue weighted by molar-refractivity contribution is -0.103. The maximum absolute atomic E-state index is 5.11. The van der Waals surface area contributed by atoms with E-state index in [-0.39, 0.29) is 0 Å². The maximum Gasteiger partial charge on any atom is 0.166 e. The van der Waals surface area contributed by atoms with Gasteiger partial charge in [-0.3, -0.25) is 4.84 Å². The fraction of sp³-hybridized carbons (Fsp3) is 1.00. The zero-order valence-electron chi connectivity index (χ0n) is 7.02.